The quantitative estimate of drug-likeness (QED) is 0.890. The van der Waals surface area contributed by atoms with Gasteiger partial charge in [0.25, 0.3) is 0 Å². The first-order valence-corrected chi connectivity index (χ1v) is 6.69. The molecule has 2 rings (SSSR count). The van der Waals surface area contributed by atoms with Gasteiger partial charge in [-0.15, -0.1) is 0 Å². The maximum atomic E-state index is 5.31. The number of benzene rings is 1. The highest BCUT2D eigenvalue weighted by atomic mass is 16.5. The van der Waals surface area contributed by atoms with Gasteiger partial charge < -0.3 is 15.8 Å². The second kappa shape index (κ2) is 7.39. The molecule has 1 fully saturated rings. The van der Waals surface area contributed by atoms with E-state index in [-0.39, 0.29) is 6.15 Å². The Hall–Kier alpha value is -1.06. The molecule has 1 aliphatic heterocycles. The van der Waals surface area contributed by atoms with Gasteiger partial charge in [-0.25, -0.2) is 0 Å². The normalized spacial score (nSPS) is 20.2. The third-order valence-corrected chi connectivity index (χ3v) is 3.61. The molecule has 18 heavy (non-hydrogen) atoms. The molecule has 102 valence electrons. The van der Waals surface area contributed by atoms with E-state index in [4.69, 9.17) is 4.74 Å². The maximum absolute atomic E-state index is 5.31. The summed E-state index contributed by atoms with van der Waals surface area (Å²) < 4.78 is 5.31. The Kier molecular flexibility index (Phi) is 6.16. The molecule has 0 aliphatic carbocycles. The van der Waals surface area contributed by atoms with Gasteiger partial charge in [0, 0.05) is 6.54 Å². The largest absolute Gasteiger partial charge is 0.497 e. The van der Waals surface area contributed by atoms with Crippen molar-refractivity contribution in [2.24, 2.45) is 0 Å². The molecule has 0 bridgehead atoms. The van der Waals surface area contributed by atoms with Gasteiger partial charge in [0.15, 0.2) is 0 Å². The van der Waals surface area contributed by atoms with Gasteiger partial charge in [-0.05, 0) is 56.0 Å². The van der Waals surface area contributed by atoms with Crippen molar-refractivity contribution in [1.82, 2.24) is 11.1 Å². The summed E-state index contributed by atoms with van der Waals surface area (Å²) in [5.41, 5.74) is 1.44. The lowest BCUT2D eigenvalue weighted by atomic mass is 9.90. The zero-order chi connectivity index (χ0) is 12.1. The summed E-state index contributed by atoms with van der Waals surface area (Å²) in [4.78, 5) is 2.59. The highest BCUT2D eigenvalue weighted by Gasteiger charge is 2.20. The molecule has 3 heteroatoms. The zero-order valence-electron chi connectivity index (χ0n) is 11.7. The minimum absolute atomic E-state index is 0. The van der Waals surface area contributed by atoms with Gasteiger partial charge in [0.2, 0.25) is 0 Å². The summed E-state index contributed by atoms with van der Waals surface area (Å²) in [6.07, 6.45) is 3.89. The number of hydrogen-bond donors (Lipinski definition) is 1. The predicted molar refractivity (Wildman–Crippen MR) is 76.7 cm³/mol. The highest BCUT2D eigenvalue weighted by molar-refractivity contribution is 5.31. The minimum Gasteiger partial charge on any atom is -0.497 e. The number of nitrogens with zero attached hydrogens (tertiary/aromatic N) is 1. The van der Waals surface area contributed by atoms with E-state index >= 15 is 0 Å². The van der Waals surface area contributed by atoms with Crippen molar-refractivity contribution in [2.45, 2.75) is 32.1 Å². The van der Waals surface area contributed by atoms with E-state index in [2.05, 4.69) is 30.0 Å². The minimum atomic E-state index is 0. The van der Waals surface area contributed by atoms with Crippen molar-refractivity contribution in [3.63, 3.8) is 0 Å². The van der Waals surface area contributed by atoms with E-state index in [0.717, 1.165) is 5.75 Å². The lowest BCUT2D eigenvalue weighted by Gasteiger charge is -2.32. The van der Waals surface area contributed by atoms with Crippen LogP contribution in [0.15, 0.2) is 24.3 Å². The fourth-order valence-corrected chi connectivity index (χ4v) is 2.74. The van der Waals surface area contributed by atoms with Gasteiger partial charge in [-0.2, -0.15) is 0 Å². The molecule has 1 heterocycles. The molecule has 1 saturated heterocycles. The Morgan fingerprint density at radius 2 is 2.22 bits per heavy atom. The Balaban J connectivity index is 0.00000162. The summed E-state index contributed by atoms with van der Waals surface area (Å²) in [5, 5.41) is 0. The monoisotopic (exact) mass is 250 g/mol. The molecule has 0 aromatic heterocycles. The van der Waals surface area contributed by atoms with Crippen LogP contribution in [0, 0.1) is 0 Å². The van der Waals surface area contributed by atoms with Crippen molar-refractivity contribution in [3.8, 4) is 5.75 Å². The first-order chi connectivity index (χ1) is 8.33. The van der Waals surface area contributed by atoms with Gasteiger partial charge >= 0.3 is 0 Å². The van der Waals surface area contributed by atoms with Crippen molar-refractivity contribution in [1.29, 1.82) is 0 Å². The second-order valence-electron chi connectivity index (χ2n) is 4.92. The average Bonchev–Trinajstić information content (AvgIpc) is 2.40. The number of likely N-dealkylation sites (tertiary alicyclic amines) is 1. The van der Waals surface area contributed by atoms with Gasteiger partial charge in [-0.3, -0.25) is 0 Å². The van der Waals surface area contributed by atoms with E-state index in [1.165, 1.54) is 44.5 Å². The standard InChI is InChI=1S/C15H23NO.H3N/c1-3-9-16-10-5-7-14(12-16)13-6-4-8-15(11-13)17-2;/h4,6,8,11,14H,3,5,7,9-10,12H2,1-2H3;1H3. The van der Waals surface area contributed by atoms with Crippen LogP contribution in [-0.2, 0) is 0 Å². The Morgan fingerprint density at radius 3 is 2.94 bits per heavy atom. The van der Waals surface area contributed by atoms with Crippen LogP contribution in [0.2, 0.25) is 0 Å². The molecular formula is C15H26N2O. The molecule has 1 aliphatic rings. The van der Waals surface area contributed by atoms with Crippen LogP contribution in [0.25, 0.3) is 0 Å². The van der Waals surface area contributed by atoms with Crippen molar-refractivity contribution >= 4 is 0 Å². The molecule has 1 aromatic carbocycles. The summed E-state index contributed by atoms with van der Waals surface area (Å²) in [5.74, 6) is 1.67. The van der Waals surface area contributed by atoms with Crippen molar-refractivity contribution < 1.29 is 4.74 Å². The second-order valence-corrected chi connectivity index (χ2v) is 4.92. The lowest BCUT2D eigenvalue weighted by molar-refractivity contribution is 0.208. The van der Waals surface area contributed by atoms with E-state index in [1.807, 2.05) is 6.07 Å². The Bertz CT molecular complexity index is 352. The topological polar surface area (TPSA) is 47.5 Å². The smallest absolute Gasteiger partial charge is 0.119 e. The van der Waals surface area contributed by atoms with Crippen molar-refractivity contribution in [3.05, 3.63) is 29.8 Å². The predicted octanol–water partition coefficient (Wildman–Crippen LogP) is 3.45. The maximum Gasteiger partial charge on any atom is 0.119 e. The zero-order valence-corrected chi connectivity index (χ0v) is 11.7. The molecule has 0 saturated carbocycles. The van der Waals surface area contributed by atoms with E-state index in [0.29, 0.717) is 5.92 Å². The first-order valence-electron chi connectivity index (χ1n) is 6.69. The SMILES string of the molecule is CCCN1CCCC(c2cccc(OC)c2)C1.N. The van der Waals surface area contributed by atoms with Crippen molar-refractivity contribution in [2.75, 3.05) is 26.7 Å². The highest BCUT2D eigenvalue weighted by Crippen LogP contribution is 2.28. The number of ether oxygens (including phenoxy) is 1. The third-order valence-electron chi connectivity index (χ3n) is 3.61. The van der Waals surface area contributed by atoms with Gasteiger partial charge in [-0.1, -0.05) is 19.1 Å². The number of piperidine rings is 1. The molecule has 0 spiro atoms. The Labute approximate surface area is 111 Å². The Morgan fingerprint density at radius 1 is 1.39 bits per heavy atom. The van der Waals surface area contributed by atoms with Gasteiger partial charge in [0.1, 0.15) is 5.75 Å². The van der Waals surface area contributed by atoms with Crippen LogP contribution in [0.1, 0.15) is 37.7 Å². The molecule has 1 unspecified atom stereocenters. The summed E-state index contributed by atoms with van der Waals surface area (Å²) in [7, 11) is 1.74. The van der Waals surface area contributed by atoms with Crippen LogP contribution >= 0.6 is 0 Å². The molecule has 0 amide bonds. The van der Waals surface area contributed by atoms with Crippen LogP contribution in [-0.4, -0.2) is 31.6 Å². The third kappa shape index (κ3) is 3.72. The number of rotatable bonds is 4. The molecule has 1 aromatic rings. The van der Waals surface area contributed by atoms with E-state index in [9.17, 15) is 0 Å². The lowest BCUT2D eigenvalue weighted by Crippen LogP contribution is -2.34. The fourth-order valence-electron chi connectivity index (χ4n) is 2.74. The molecule has 0 radical (unpaired) electrons. The summed E-state index contributed by atoms with van der Waals surface area (Å²) >= 11 is 0. The summed E-state index contributed by atoms with van der Waals surface area (Å²) in [6.45, 7) is 5.98. The molecule has 3 nitrogen and oxygen atoms in total. The fraction of sp³-hybridized carbons (Fsp3) is 0.600. The van der Waals surface area contributed by atoms with E-state index in [1.54, 1.807) is 7.11 Å². The molecule has 1 atom stereocenters. The van der Waals surface area contributed by atoms with Gasteiger partial charge in [0.05, 0.1) is 7.11 Å². The first kappa shape index (κ1) is 15.0. The average molecular weight is 250 g/mol. The number of methoxy groups -OCH3 is 1. The van der Waals surface area contributed by atoms with Crippen LogP contribution in [0.3, 0.4) is 0 Å². The molecular weight excluding hydrogens is 224 g/mol. The molecule has 3 N–H and O–H groups in total. The van der Waals surface area contributed by atoms with Crippen LogP contribution in [0.4, 0.5) is 0 Å². The van der Waals surface area contributed by atoms with E-state index < -0.39 is 0 Å². The van der Waals surface area contributed by atoms with Crippen LogP contribution in [0.5, 0.6) is 5.75 Å². The van der Waals surface area contributed by atoms with Crippen LogP contribution < -0.4 is 10.9 Å². The summed E-state index contributed by atoms with van der Waals surface area (Å²) in [6, 6.07) is 8.56. The number of hydrogen-bond acceptors (Lipinski definition) is 3.